The van der Waals surface area contributed by atoms with Gasteiger partial charge in [0.2, 0.25) is 0 Å². The van der Waals surface area contributed by atoms with Crippen LogP contribution in [0.25, 0.3) is 11.0 Å². The Hall–Kier alpha value is -3.35. The van der Waals surface area contributed by atoms with Crippen molar-refractivity contribution in [3.8, 4) is 5.75 Å². The molecule has 3 aromatic rings. The molecule has 30 heavy (non-hydrogen) atoms. The zero-order valence-corrected chi connectivity index (χ0v) is 17.6. The minimum absolute atomic E-state index is 0.113. The van der Waals surface area contributed by atoms with Gasteiger partial charge in [-0.05, 0) is 44.5 Å². The van der Waals surface area contributed by atoms with Crippen LogP contribution in [-0.2, 0) is 22.5 Å². The summed E-state index contributed by atoms with van der Waals surface area (Å²) in [5, 5.41) is 2.92. The van der Waals surface area contributed by atoms with Gasteiger partial charge in [0.05, 0.1) is 29.8 Å². The predicted molar refractivity (Wildman–Crippen MR) is 115 cm³/mol. The molecule has 0 saturated heterocycles. The molecule has 1 aromatic heterocycles. The first kappa shape index (κ1) is 21.4. The van der Waals surface area contributed by atoms with Gasteiger partial charge in [0.25, 0.3) is 5.91 Å². The van der Waals surface area contributed by atoms with Crippen LogP contribution in [0.5, 0.6) is 5.75 Å². The van der Waals surface area contributed by atoms with E-state index in [4.69, 9.17) is 9.47 Å². The molecule has 2 aromatic carbocycles. The number of para-hydroxylation sites is 3. The Bertz CT molecular complexity index is 1030. The smallest absolute Gasteiger partial charge is 0.326 e. The summed E-state index contributed by atoms with van der Waals surface area (Å²) in [4.78, 5) is 29.3. The van der Waals surface area contributed by atoms with Crippen molar-refractivity contribution in [3.63, 3.8) is 0 Å². The quantitative estimate of drug-likeness (QED) is 0.433. The van der Waals surface area contributed by atoms with Crippen LogP contribution in [0.15, 0.2) is 48.5 Å². The summed E-state index contributed by atoms with van der Waals surface area (Å²) in [6, 6.07) is 14.8. The lowest BCUT2D eigenvalue weighted by Gasteiger charge is -2.12. The Labute approximate surface area is 176 Å². The van der Waals surface area contributed by atoms with E-state index >= 15 is 0 Å². The van der Waals surface area contributed by atoms with Gasteiger partial charge in [0.1, 0.15) is 18.1 Å². The van der Waals surface area contributed by atoms with E-state index in [9.17, 15) is 9.59 Å². The first-order chi connectivity index (χ1) is 14.5. The molecule has 7 nitrogen and oxygen atoms in total. The largest absolute Gasteiger partial charge is 0.496 e. The molecule has 0 aliphatic rings. The fourth-order valence-electron chi connectivity index (χ4n) is 3.30. The first-order valence-corrected chi connectivity index (χ1v) is 10.0. The summed E-state index contributed by atoms with van der Waals surface area (Å²) in [7, 11) is 1.54. The molecule has 0 atom stereocenters. The van der Waals surface area contributed by atoms with E-state index in [2.05, 4.69) is 10.3 Å². The second-order valence-corrected chi connectivity index (χ2v) is 7.20. The zero-order valence-electron chi connectivity index (χ0n) is 17.6. The van der Waals surface area contributed by atoms with E-state index in [1.807, 2.05) is 48.7 Å². The van der Waals surface area contributed by atoms with Crippen molar-refractivity contribution in [2.24, 2.45) is 0 Å². The highest BCUT2D eigenvalue weighted by atomic mass is 16.5. The van der Waals surface area contributed by atoms with Crippen LogP contribution in [-0.4, -0.2) is 41.2 Å². The van der Waals surface area contributed by atoms with Crippen molar-refractivity contribution in [2.45, 2.75) is 39.3 Å². The normalized spacial score (nSPS) is 10.9. The maximum absolute atomic E-state index is 12.4. The highest BCUT2D eigenvalue weighted by molar-refractivity contribution is 5.96. The molecule has 1 amide bonds. The number of imidazole rings is 1. The maximum Gasteiger partial charge on any atom is 0.326 e. The summed E-state index contributed by atoms with van der Waals surface area (Å²) in [5.74, 6) is 0.865. The lowest BCUT2D eigenvalue weighted by atomic mass is 10.2. The van der Waals surface area contributed by atoms with Crippen LogP contribution in [0, 0.1) is 0 Å². The molecule has 0 bridgehead atoms. The summed E-state index contributed by atoms with van der Waals surface area (Å²) < 4.78 is 12.4. The van der Waals surface area contributed by atoms with Gasteiger partial charge in [0.15, 0.2) is 0 Å². The SMILES string of the molecule is COc1ccccc1C(=O)NCCCc1nc2ccccc2n1CC(=O)OC(C)C. The Morgan fingerprint density at radius 1 is 1.10 bits per heavy atom. The molecule has 158 valence electrons. The van der Waals surface area contributed by atoms with Crippen molar-refractivity contribution in [1.29, 1.82) is 0 Å². The molecular formula is C23H27N3O4. The Morgan fingerprint density at radius 2 is 1.83 bits per heavy atom. The van der Waals surface area contributed by atoms with Gasteiger partial charge in [0, 0.05) is 13.0 Å². The molecule has 0 radical (unpaired) electrons. The number of carbonyl (C=O) groups excluding carboxylic acids is 2. The topological polar surface area (TPSA) is 82.5 Å². The van der Waals surface area contributed by atoms with Crippen molar-refractivity contribution >= 4 is 22.9 Å². The predicted octanol–water partition coefficient (Wildman–Crippen LogP) is 3.36. The second kappa shape index (κ2) is 9.91. The number of esters is 1. The highest BCUT2D eigenvalue weighted by Gasteiger charge is 2.15. The minimum Gasteiger partial charge on any atom is -0.496 e. The zero-order chi connectivity index (χ0) is 21.5. The van der Waals surface area contributed by atoms with Gasteiger partial charge in [-0.1, -0.05) is 24.3 Å². The Kier molecular flexibility index (Phi) is 7.06. The molecule has 7 heteroatoms. The van der Waals surface area contributed by atoms with Crippen LogP contribution in [0.3, 0.4) is 0 Å². The number of benzene rings is 2. The lowest BCUT2D eigenvalue weighted by molar-refractivity contribution is -0.148. The number of nitrogens with zero attached hydrogens (tertiary/aromatic N) is 2. The van der Waals surface area contributed by atoms with Gasteiger partial charge in [-0.25, -0.2) is 4.98 Å². The van der Waals surface area contributed by atoms with Crippen molar-refractivity contribution < 1.29 is 19.1 Å². The number of fused-ring (bicyclic) bond motifs is 1. The van der Waals surface area contributed by atoms with Gasteiger partial charge in [-0.15, -0.1) is 0 Å². The molecular weight excluding hydrogens is 382 g/mol. The third-order valence-corrected chi connectivity index (χ3v) is 4.60. The number of ether oxygens (including phenoxy) is 2. The first-order valence-electron chi connectivity index (χ1n) is 10.0. The third-order valence-electron chi connectivity index (χ3n) is 4.60. The Morgan fingerprint density at radius 3 is 2.60 bits per heavy atom. The number of hydrogen-bond acceptors (Lipinski definition) is 5. The fourth-order valence-corrected chi connectivity index (χ4v) is 3.30. The molecule has 0 aliphatic carbocycles. The number of rotatable bonds is 9. The molecule has 0 aliphatic heterocycles. The molecule has 1 N–H and O–H groups in total. The number of carbonyl (C=O) groups is 2. The third kappa shape index (κ3) is 5.17. The summed E-state index contributed by atoms with van der Waals surface area (Å²) in [6.45, 7) is 4.25. The van der Waals surface area contributed by atoms with E-state index in [1.165, 1.54) is 0 Å². The van der Waals surface area contributed by atoms with Crippen LogP contribution in [0.1, 0.15) is 36.5 Å². The van der Waals surface area contributed by atoms with E-state index in [-0.39, 0.29) is 24.5 Å². The van der Waals surface area contributed by atoms with Gasteiger partial charge in [-0.2, -0.15) is 0 Å². The molecule has 0 unspecified atom stereocenters. The van der Waals surface area contributed by atoms with Crippen LogP contribution >= 0.6 is 0 Å². The van der Waals surface area contributed by atoms with Gasteiger partial charge < -0.3 is 19.4 Å². The maximum atomic E-state index is 12.4. The highest BCUT2D eigenvalue weighted by Crippen LogP contribution is 2.18. The van der Waals surface area contributed by atoms with Crippen molar-refractivity contribution in [1.82, 2.24) is 14.9 Å². The van der Waals surface area contributed by atoms with Gasteiger partial charge in [-0.3, -0.25) is 9.59 Å². The monoisotopic (exact) mass is 409 g/mol. The summed E-state index contributed by atoms with van der Waals surface area (Å²) in [6.07, 6.45) is 1.14. The number of aryl methyl sites for hydroxylation is 1. The van der Waals surface area contributed by atoms with Crippen LogP contribution in [0.2, 0.25) is 0 Å². The average Bonchev–Trinajstić information content (AvgIpc) is 3.07. The van der Waals surface area contributed by atoms with E-state index < -0.39 is 0 Å². The second-order valence-electron chi connectivity index (χ2n) is 7.20. The summed E-state index contributed by atoms with van der Waals surface area (Å²) in [5.41, 5.74) is 2.23. The van der Waals surface area contributed by atoms with E-state index in [1.54, 1.807) is 25.3 Å². The number of amides is 1. The molecule has 1 heterocycles. The van der Waals surface area contributed by atoms with Crippen LogP contribution in [0.4, 0.5) is 0 Å². The van der Waals surface area contributed by atoms with Crippen molar-refractivity contribution in [2.75, 3.05) is 13.7 Å². The average molecular weight is 409 g/mol. The number of aromatic nitrogens is 2. The van der Waals surface area contributed by atoms with E-state index in [0.717, 1.165) is 16.9 Å². The minimum atomic E-state index is -0.293. The van der Waals surface area contributed by atoms with Crippen LogP contribution < -0.4 is 10.1 Å². The number of hydrogen-bond donors (Lipinski definition) is 1. The van der Waals surface area contributed by atoms with Gasteiger partial charge >= 0.3 is 5.97 Å². The number of methoxy groups -OCH3 is 1. The standard InChI is InChI=1S/C23H27N3O4/c1-16(2)30-22(27)15-26-19-11-6-5-10-18(19)25-21(26)13-8-14-24-23(28)17-9-4-7-12-20(17)29-3/h4-7,9-12,16H,8,13-15H2,1-3H3,(H,24,28). The lowest BCUT2D eigenvalue weighted by Crippen LogP contribution is -2.25. The number of nitrogens with one attached hydrogen (secondary N) is 1. The van der Waals surface area contributed by atoms with Crippen molar-refractivity contribution in [3.05, 3.63) is 59.9 Å². The Balaban J connectivity index is 1.65. The molecule has 0 spiro atoms. The molecule has 3 rings (SSSR count). The molecule has 0 saturated carbocycles. The van der Waals surface area contributed by atoms with E-state index in [0.29, 0.717) is 30.7 Å². The summed E-state index contributed by atoms with van der Waals surface area (Å²) >= 11 is 0. The fraction of sp³-hybridized carbons (Fsp3) is 0.348. The molecule has 0 fully saturated rings.